The summed E-state index contributed by atoms with van der Waals surface area (Å²) in [5.41, 5.74) is 1.67. The van der Waals surface area contributed by atoms with Gasteiger partial charge < -0.3 is 9.64 Å². The van der Waals surface area contributed by atoms with Crippen LogP contribution in [-0.2, 0) is 4.74 Å². The molecular weight excluding hydrogens is 340 g/mol. The van der Waals surface area contributed by atoms with Gasteiger partial charge in [-0.15, -0.1) is 0 Å². The van der Waals surface area contributed by atoms with Crippen molar-refractivity contribution in [2.75, 3.05) is 25.2 Å². The maximum Gasteiger partial charge on any atom is 0.327 e. The molecule has 1 aliphatic carbocycles. The Hall–Kier alpha value is -2.91. The number of carbonyl (C=O) groups is 1. The standard InChI is InChI=1S/C21H22N4O2/c1-27-13-12-24-18-8-5-9-19(18)25(21(24)26)20-22-14-17(15-23-20)11-10-16-6-3-2-4-7-16/h2-4,6-7,14-15,18-19H,5,8-9,12-13H2,1H3/t18-,19+/m1/s1. The van der Waals surface area contributed by atoms with Crippen LogP contribution in [0.4, 0.5) is 10.7 Å². The molecule has 2 aliphatic rings. The van der Waals surface area contributed by atoms with Gasteiger partial charge in [0.2, 0.25) is 5.95 Å². The lowest BCUT2D eigenvalue weighted by Crippen LogP contribution is -2.37. The smallest absolute Gasteiger partial charge is 0.327 e. The largest absolute Gasteiger partial charge is 0.383 e. The summed E-state index contributed by atoms with van der Waals surface area (Å²) >= 11 is 0. The van der Waals surface area contributed by atoms with E-state index in [4.69, 9.17) is 4.74 Å². The Morgan fingerprint density at radius 3 is 2.52 bits per heavy atom. The number of nitrogens with zero attached hydrogens (tertiary/aromatic N) is 4. The van der Waals surface area contributed by atoms with Gasteiger partial charge in [-0.1, -0.05) is 30.0 Å². The van der Waals surface area contributed by atoms with Crippen LogP contribution in [0.25, 0.3) is 0 Å². The molecule has 0 unspecified atom stereocenters. The fraction of sp³-hybridized carbons (Fsp3) is 0.381. The van der Waals surface area contributed by atoms with E-state index in [0.29, 0.717) is 19.1 Å². The van der Waals surface area contributed by atoms with E-state index in [1.807, 2.05) is 35.2 Å². The zero-order chi connectivity index (χ0) is 18.6. The second-order valence-electron chi connectivity index (χ2n) is 6.79. The summed E-state index contributed by atoms with van der Waals surface area (Å²) in [6, 6.07) is 10.1. The van der Waals surface area contributed by atoms with Gasteiger partial charge in [-0.3, -0.25) is 4.90 Å². The predicted octanol–water partition coefficient (Wildman–Crippen LogP) is 2.69. The van der Waals surface area contributed by atoms with Crippen LogP contribution in [0.5, 0.6) is 0 Å². The van der Waals surface area contributed by atoms with Crippen LogP contribution in [0.15, 0.2) is 42.7 Å². The van der Waals surface area contributed by atoms with Crippen molar-refractivity contribution in [3.05, 3.63) is 53.9 Å². The molecule has 0 spiro atoms. The summed E-state index contributed by atoms with van der Waals surface area (Å²) < 4.78 is 5.16. The fourth-order valence-electron chi connectivity index (χ4n) is 3.87. The Balaban J connectivity index is 1.53. The number of anilines is 1. The number of hydrogen-bond acceptors (Lipinski definition) is 4. The SMILES string of the molecule is COCCN1C(=O)N(c2ncc(C#Cc3ccccc3)cn2)[C@H]2CCC[C@H]21. The van der Waals surface area contributed by atoms with Crippen molar-refractivity contribution in [2.24, 2.45) is 0 Å². The highest BCUT2D eigenvalue weighted by Gasteiger charge is 2.49. The van der Waals surface area contributed by atoms with Crippen LogP contribution < -0.4 is 4.90 Å². The molecule has 1 aromatic carbocycles. The normalized spacial score (nSPS) is 21.1. The van der Waals surface area contributed by atoms with Crippen LogP contribution in [0.1, 0.15) is 30.4 Å². The molecule has 1 saturated heterocycles. The highest BCUT2D eigenvalue weighted by molar-refractivity contribution is 5.94. The van der Waals surface area contributed by atoms with E-state index in [1.54, 1.807) is 24.4 Å². The molecule has 2 atom stereocenters. The number of ether oxygens (including phenoxy) is 1. The number of rotatable bonds is 4. The van der Waals surface area contributed by atoms with Gasteiger partial charge in [0.15, 0.2) is 0 Å². The second-order valence-corrected chi connectivity index (χ2v) is 6.79. The van der Waals surface area contributed by atoms with Crippen LogP contribution in [0.3, 0.4) is 0 Å². The molecule has 6 heteroatoms. The number of urea groups is 1. The molecule has 2 fully saturated rings. The van der Waals surface area contributed by atoms with E-state index in [1.165, 1.54) is 0 Å². The Bertz CT molecular complexity index is 857. The van der Waals surface area contributed by atoms with Crippen molar-refractivity contribution in [2.45, 2.75) is 31.3 Å². The first-order chi connectivity index (χ1) is 13.3. The topological polar surface area (TPSA) is 58.6 Å². The zero-order valence-electron chi connectivity index (χ0n) is 15.3. The van der Waals surface area contributed by atoms with Crippen LogP contribution >= 0.6 is 0 Å². The molecule has 2 heterocycles. The summed E-state index contributed by atoms with van der Waals surface area (Å²) in [6.45, 7) is 1.14. The molecular formula is C21H22N4O2. The van der Waals surface area contributed by atoms with Crippen molar-refractivity contribution < 1.29 is 9.53 Å². The van der Waals surface area contributed by atoms with Gasteiger partial charge in [-0.05, 0) is 31.4 Å². The Labute approximate surface area is 159 Å². The summed E-state index contributed by atoms with van der Waals surface area (Å²) in [7, 11) is 1.66. The van der Waals surface area contributed by atoms with E-state index in [-0.39, 0.29) is 18.1 Å². The van der Waals surface area contributed by atoms with Gasteiger partial charge in [-0.2, -0.15) is 0 Å². The lowest BCUT2D eigenvalue weighted by Gasteiger charge is -2.21. The Morgan fingerprint density at radius 2 is 1.78 bits per heavy atom. The maximum atomic E-state index is 12.9. The summed E-state index contributed by atoms with van der Waals surface area (Å²) in [4.78, 5) is 25.4. The number of benzene rings is 1. The van der Waals surface area contributed by atoms with Gasteiger partial charge in [-0.25, -0.2) is 14.8 Å². The molecule has 2 aromatic rings. The van der Waals surface area contributed by atoms with Gasteiger partial charge in [0.25, 0.3) is 0 Å². The Morgan fingerprint density at radius 1 is 1.07 bits per heavy atom. The number of methoxy groups -OCH3 is 1. The number of fused-ring (bicyclic) bond motifs is 1. The van der Waals surface area contributed by atoms with Gasteiger partial charge in [0.05, 0.1) is 24.3 Å². The van der Waals surface area contributed by atoms with Crippen molar-refractivity contribution >= 4 is 12.0 Å². The molecule has 0 N–H and O–H groups in total. The molecule has 6 nitrogen and oxygen atoms in total. The van der Waals surface area contributed by atoms with Crippen molar-refractivity contribution in [3.63, 3.8) is 0 Å². The highest BCUT2D eigenvalue weighted by atomic mass is 16.5. The monoisotopic (exact) mass is 362 g/mol. The van der Waals surface area contributed by atoms with Gasteiger partial charge in [0.1, 0.15) is 0 Å². The maximum absolute atomic E-state index is 12.9. The quantitative estimate of drug-likeness (QED) is 0.785. The lowest BCUT2D eigenvalue weighted by atomic mass is 10.2. The lowest BCUT2D eigenvalue weighted by molar-refractivity contribution is 0.146. The third-order valence-corrected chi connectivity index (χ3v) is 5.14. The van der Waals surface area contributed by atoms with E-state index in [0.717, 1.165) is 30.4 Å². The molecule has 1 aromatic heterocycles. The zero-order valence-corrected chi connectivity index (χ0v) is 15.3. The number of hydrogen-bond donors (Lipinski definition) is 0. The summed E-state index contributed by atoms with van der Waals surface area (Å²) in [5, 5.41) is 0. The minimum absolute atomic E-state index is 0.0233. The first kappa shape index (κ1) is 17.5. The van der Waals surface area contributed by atoms with Crippen LogP contribution in [0.2, 0.25) is 0 Å². The highest BCUT2D eigenvalue weighted by Crippen LogP contribution is 2.36. The number of carbonyl (C=O) groups excluding carboxylic acids is 1. The van der Waals surface area contributed by atoms with Crippen molar-refractivity contribution in [1.29, 1.82) is 0 Å². The summed E-state index contributed by atoms with van der Waals surface area (Å²) in [5.74, 6) is 6.62. The molecule has 4 rings (SSSR count). The summed E-state index contributed by atoms with van der Waals surface area (Å²) in [6.07, 6.45) is 6.50. The predicted molar refractivity (Wildman–Crippen MR) is 102 cm³/mol. The number of amides is 2. The molecule has 138 valence electrons. The molecule has 1 aliphatic heterocycles. The van der Waals surface area contributed by atoms with E-state index in [9.17, 15) is 4.79 Å². The first-order valence-corrected chi connectivity index (χ1v) is 9.26. The average molecular weight is 362 g/mol. The number of aromatic nitrogens is 2. The molecule has 27 heavy (non-hydrogen) atoms. The van der Waals surface area contributed by atoms with Crippen LogP contribution in [0, 0.1) is 11.8 Å². The minimum atomic E-state index is -0.0233. The van der Waals surface area contributed by atoms with E-state index in [2.05, 4.69) is 21.8 Å². The third kappa shape index (κ3) is 3.51. The fourth-order valence-corrected chi connectivity index (χ4v) is 3.87. The molecule has 2 amide bonds. The second kappa shape index (κ2) is 7.77. The first-order valence-electron chi connectivity index (χ1n) is 9.26. The van der Waals surface area contributed by atoms with E-state index >= 15 is 0 Å². The third-order valence-electron chi connectivity index (χ3n) is 5.14. The minimum Gasteiger partial charge on any atom is -0.383 e. The average Bonchev–Trinajstić information content (AvgIpc) is 3.27. The molecule has 1 saturated carbocycles. The Kier molecular flexibility index (Phi) is 5.03. The van der Waals surface area contributed by atoms with Gasteiger partial charge in [0, 0.05) is 31.6 Å². The van der Waals surface area contributed by atoms with Gasteiger partial charge >= 0.3 is 6.03 Å². The van der Waals surface area contributed by atoms with Crippen LogP contribution in [-0.4, -0.2) is 53.2 Å². The molecule has 0 bridgehead atoms. The van der Waals surface area contributed by atoms with Crippen molar-refractivity contribution in [1.82, 2.24) is 14.9 Å². The van der Waals surface area contributed by atoms with Crippen molar-refractivity contribution in [3.8, 4) is 11.8 Å². The van der Waals surface area contributed by atoms with E-state index < -0.39 is 0 Å². The molecule has 0 radical (unpaired) electrons.